The molecule has 27 heavy (non-hydrogen) atoms. The van der Waals surface area contributed by atoms with Crippen molar-refractivity contribution in [3.05, 3.63) is 58.6 Å². The number of hydrazine groups is 1. The van der Waals surface area contributed by atoms with Gasteiger partial charge in [-0.3, -0.25) is 25.2 Å². The minimum atomic E-state index is -0.537. The summed E-state index contributed by atoms with van der Waals surface area (Å²) in [6.45, 7) is 0.255. The molecule has 0 bridgehead atoms. The molecule has 1 aliphatic heterocycles. The van der Waals surface area contributed by atoms with Gasteiger partial charge >= 0.3 is 0 Å². The molecule has 3 rings (SSSR count). The molecule has 8 heteroatoms. The zero-order valence-electron chi connectivity index (χ0n) is 14.6. The Labute approximate surface area is 164 Å². The summed E-state index contributed by atoms with van der Waals surface area (Å²) in [7, 11) is 1.57. The van der Waals surface area contributed by atoms with Crippen LogP contribution in [-0.4, -0.2) is 31.4 Å². The van der Waals surface area contributed by atoms with Gasteiger partial charge in [0.15, 0.2) is 0 Å². The Kier molecular flexibility index (Phi) is 5.75. The molecule has 0 aliphatic carbocycles. The van der Waals surface area contributed by atoms with Gasteiger partial charge in [-0.25, -0.2) is 0 Å². The maximum Gasteiger partial charge on any atom is 0.269 e. The van der Waals surface area contributed by atoms with Gasteiger partial charge in [-0.05, 0) is 48.5 Å². The van der Waals surface area contributed by atoms with E-state index in [-0.39, 0.29) is 18.9 Å². The highest BCUT2D eigenvalue weighted by molar-refractivity contribution is 9.10. The highest BCUT2D eigenvalue weighted by atomic mass is 79.9. The smallest absolute Gasteiger partial charge is 0.269 e. The highest BCUT2D eigenvalue weighted by Crippen LogP contribution is 2.26. The SMILES string of the molecule is COc1ccc(N2C[C@H](C(=O)NNC(=O)c3ccc(Br)cc3)CC2=O)cc1. The standard InChI is InChI=1S/C19H18BrN3O4/c1-27-16-8-6-15(7-9-16)23-11-13(10-17(23)24)19(26)22-21-18(25)12-2-4-14(20)5-3-12/h2-9,13H,10-11H2,1H3,(H,21,25)(H,22,26)/t13-/m1/s1. The molecular weight excluding hydrogens is 414 g/mol. The molecule has 1 heterocycles. The number of nitrogens with zero attached hydrogens (tertiary/aromatic N) is 1. The number of carbonyl (C=O) groups excluding carboxylic acids is 3. The van der Waals surface area contributed by atoms with Crippen LogP contribution >= 0.6 is 15.9 Å². The molecule has 0 unspecified atom stereocenters. The molecule has 0 aromatic heterocycles. The quantitative estimate of drug-likeness (QED) is 0.726. The zero-order valence-corrected chi connectivity index (χ0v) is 16.2. The molecule has 140 valence electrons. The van der Waals surface area contributed by atoms with Crippen molar-refractivity contribution >= 4 is 39.3 Å². The fraction of sp³-hybridized carbons (Fsp3) is 0.211. The summed E-state index contributed by atoms with van der Waals surface area (Å²) in [5.41, 5.74) is 5.90. The van der Waals surface area contributed by atoms with Crippen LogP contribution in [0.3, 0.4) is 0 Å². The molecule has 7 nitrogen and oxygen atoms in total. The van der Waals surface area contributed by atoms with E-state index in [2.05, 4.69) is 26.8 Å². The van der Waals surface area contributed by atoms with Gasteiger partial charge in [-0.2, -0.15) is 0 Å². The zero-order chi connectivity index (χ0) is 19.4. The Morgan fingerprint density at radius 2 is 1.74 bits per heavy atom. The van der Waals surface area contributed by atoms with Gasteiger partial charge in [0, 0.05) is 28.7 Å². The predicted molar refractivity (Wildman–Crippen MR) is 103 cm³/mol. The molecule has 2 N–H and O–H groups in total. The summed E-state index contributed by atoms with van der Waals surface area (Å²) in [5.74, 6) is -0.809. The van der Waals surface area contributed by atoms with Crippen LogP contribution in [0.25, 0.3) is 0 Å². The number of anilines is 1. The van der Waals surface area contributed by atoms with E-state index in [4.69, 9.17) is 4.74 Å². The summed E-state index contributed by atoms with van der Waals surface area (Å²) in [6.07, 6.45) is 0.0893. The van der Waals surface area contributed by atoms with Gasteiger partial charge in [0.1, 0.15) is 5.75 Å². The Hall–Kier alpha value is -2.87. The third-order valence-corrected chi connectivity index (χ3v) is 4.81. The van der Waals surface area contributed by atoms with Gasteiger partial charge in [-0.1, -0.05) is 15.9 Å². The minimum Gasteiger partial charge on any atom is -0.497 e. The second-order valence-electron chi connectivity index (χ2n) is 6.05. The number of ether oxygens (including phenoxy) is 1. The number of carbonyl (C=O) groups is 3. The fourth-order valence-corrected chi connectivity index (χ4v) is 3.05. The first-order valence-electron chi connectivity index (χ1n) is 8.28. The third-order valence-electron chi connectivity index (χ3n) is 4.29. The van der Waals surface area contributed by atoms with Crippen molar-refractivity contribution in [1.29, 1.82) is 0 Å². The van der Waals surface area contributed by atoms with Crippen LogP contribution in [0.2, 0.25) is 0 Å². The Morgan fingerprint density at radius 3 is 2.37 bits per heavy atom. The molecule has 1 aliphatic rings. The number of benzene rings is 2. The van der Waals surface area contributed by atoms with Gasteiger partial charge < -0.3 is 9.64 Å². The second kappa shape index (κ2) is 8.22. The number of nitrogens with one attached hydrogen (secondary N) is 2. The van der Waals surface area contributed by atoms with Gasteiger partial charge in [0.05, 0.1) is 13.0 Å². The molecule has 2 aromatic carbocycles. The number of methoxy groups -OCH3 is 1. The Morgan fingerprint density at radius 1 is 1.07 bits per heavy atom. The molecule has 1 saturated heterocycles. The van der Waals surface area contributed by atoms with Crippen molar-refractivity contribution < 1.29 is 19.1 Å². The molecule has 1 fully saturated rings. The third kappa shape index (κ3) is 4.46. The summed E-state index contributed by atoms with van der Waals surface area (Å²) < 4.78 is 5.96. The van der Waals surface area contributed by atoms with E-state index in [1.54, 1.807) is 60.5 Å². The summed E-state index contributed by atoms with van der Waals surface area (Å²) in [6, 6.07) is 13.8. The van der Waals surface area contributed by atoms with Crippen molar-refractivity contribution in [3.8, 4) is 5.75 Å². The maximum absolute atomic E-state index is 12.3. The number of hydrogen-bond donors (Lipinski definition) is 2. The van der Waals surface area contributed by atoms with E-state index in [9.17, 15) is 14.4 Å². The number of rotatable bonds is 4. The first kappa shape index (κ1) is 18.9. The van der Waals surface area contributed by atoms with Crippen LogP contribution in [0.15, 0.2) is 53.0 Å². The lowest BCUT2D eigenvalue weighted by Gasteiger charge is -2.17. The van der Waals surface area contributed by atoms with Crippen LogP contribution in [0.4, 0.5) is 5.69 Å². The number of halogens is 1. The maximum atomic E-state index is 12.3. The van der Waals surface area contributed by atoms with E-state index in [0.29, 0.717) is 17.0 Å². The molecule has 0 saturated carbocycles. The second-order valence-corrected chi connectivity index (χ2v) is 6.97. The molecule has 3 amide bonds. The topological polar surface area (TPSA) is 87.7 Å². The monoisotopic (exact) mass is 431 g/mol. The highest BCUT2D eigenvalue weighted by Gasteiger charge is 2.35. The average Bonchev–Trinajstić information content (AvgIpc) is 3.08. The molecular formula is C19H18BrN3O4. The van der Waals surface area contributed by atoms with Crippen molar-refractivity contribution in [2.45, 2.75) is 6.42 Å². The van der Waals surface area contributed by atoms with Crippen LogP contribution in [0, 0.1) is 5.92 Å². The van der Waals surface area contributed by atoms with Crippen LogP contribution in [0.1, 0.15) is 16.8 Å². The van der Waals surface area contributed by atoms with Crippen LogP contribution in [0.5, 0.6) is 5.75 Å². The fourth-order valence-electron chi connectivity index (χ4n) is 2.79. The predicted octanol–water partition coefficient (Wildman–Crippen LogP) is 2.27. The van der Waals surface area contributed by atoms with Crippen molar-refractivity contribution in [2.24, 2.45) is 5.92 Å². The lowest BCUT2D eigenvalue weighted by Crippen LogP contribution is -2.45. The molecule has 0 radical (unpaired) electrons. The van der Waals surface area contributed by atoms with E-state index in [0.717, 1.165) is 4.47 Å². The normalized spacial score (nSPS) is 16.1. The summed E-state index contributed by atoms with van der Waals surface area (Å²) >= 11 is 3.29. The molecule has 1 atom stereocenters. The van der Waals surface area contributed by atoms with Crippen LogP contribution in [-0.2, 0) is 9.59 Å². The minimum absolute atomic E-state index is 0.0893. The van der Waals surface area contributed by atoms with Gasteiger partial charge in [0.2, 0.25) is 11.8 Å². The van der Waals surface area contributed by atoms with Gasteiger partial charge in [-0.15, -0.1) is 0 Å². The van der Waals surface area contributed by atoms with Gasteiger partial charge in [0.25, 0.3) is 5.91 Å². The number of hydrogen-bond acceptors (Lipinski definition) is 4. The molecule has 2 aromatic rings. The molecule has 0 spiro atoms. The van der Waals surface area contributed by atoms with Crippen molar-refractivity contribution in [3.63, 3.8) is 0 Å². The van der Waals surface area contributed by atoms with Crippen molar-refractivity contribution in [1.82, 2.24) is 10.9 Å². The van der Waals surface area contributed by atoms with E-state index >= 15 is 0 Å². The Bertz CT molecular complexity index is 852. The van der Waals surface area contributed by atoms with E-state index < -0.39 is 17.7 Å². The van der Waals surface area contributed by atoms with Crippen LogP contribution < -0.4 is 20.5 Å². The summed E-state index contributed by atoms with van der Waals surface area (Å²) in [4.78, 5) is 38.2. The van der Waals surface area contributed by atoms with Crippen molar-refractivity contribution in [2.75, 3.05) is 18.6 Å². The lowest BCUT2D eigenvalue weighted by molar-refractivity contribution is -0.126. The largest absolute Gasteiger partial charge is 0.497 e. The first-order chi connectivity index (χ1) is 13.0. The lowest BCUT2D eigenvalue weighted by atomic mass is 10.1. The average molecular weight is 432 g/mol. The summed E-state index contributed by atoms with van der Waals surface area (Å²) in [5, 5.41) is 0. The Balaban J connectivity index is 1.56. The van der Waals surface area contributed by atoms with E-state index in [1.165, 1.54) is 0 Å². The first-order valence-corrected chi connectivity index (χ1v) is 9.07. The number of amides is 3. The van der Waals surface area contributed by atoms with E-state index in [1.807, 2.05) is 0 Å².